The molecule has 2 unspecified atom stereocenters. The Morgan fingerprint density at radius 1 is 1.39 bits per heavy atom. The lowest BCUT2D eigenvalue weighted by Gasteiger charge is -2.41. The minimum atomic E-state index is -0.0423. The molecule has 1 N–H and O–H groups in total. The SMILES string of the molecule is Cc1ccccc1C1CNCC(C)(CC(C)C)O1. The quantitative estimate of drug-likeness (QED) is 0.883. The number of rotatable bonds is 3. The molecule has 18 heavy (non-hydrogen) atoms. The first kappa shape index (κ1) is 13.6. The van der Waals surface area contributed by atoms with E-state index in [1.54, 1.807) is 0 Å². The highest BCUT2D eigenvalue weighted by atomic mass is 16.5. The van der Waals surface area contributed by atoms with Crippen LogP contribution in [0.25, 0.3) is 0 Å². The van der Waals surface area contributed by atoms with Gasteiger partial charge in [-0.2, -0.15) is 0 Å². The van der Waals surface area contributed by atoms with Gasteiger partial charge >= 0.3 is 0 Å². The van der Waals surface area contributed by atoms with Gasteiger partial charge in [0.15, 0.2) is 0 Å². The van der Waals surface area contributed by atoms with Crippen molar-refractivity contribution in [3.8, 4) is 0 Å². The number of hydrogen-bond acceptors (Lipinski definition) is 2. The fourth-order valence-electron chi connectivity index (χ4n) is 3.00. The molecule has 2 heteroatoms. The lowest BCUT2D eigenvalue weighted by atomic mass is 9.91. The smallest absolute Gasteiger partial charge is 0.0959 e. The van der Waals surface area contributed by atoms with E-state index < -0.39 is 0 Å². The van der Waals surface area contributed by atoms with Gasteiger partial charge in [-0.3, -0.25) is 0 Å². The van der Waals surface area contributed by atoms with Crippen molar-refractivity contribution in [2.75, 3.05) is 13.1 Å². The van der Waals surface area contributed by atoms with Crippen molar-refractivity contribution < 1.29 is 4.74 Å². The number of morpholine rings is 1. The Bertz CT molecular complexity index is 402. The molecule has 0 aromatic heterocycles. The third-order valence-corrected chi connectivity index (χ3v) is 3.63. The number of aryl methyl sites for hydroxylation is 1. The molecule has 1 aliphatic rings. The normalized spacial score (nSPS) is 28.6. The second-order valence-electron chi connectivity index (χ2n) is 6.14. The Hall–Kier alpha value is -0.860. The highest BCUT2D eigenvalue weighted by Gasteiger charge is 2.34. The molecule has 1 fully saturated rings. The van der Waals surface area contributed by atoms with Crippen molar-refractivity contribution in [1.29, 1.82) is 0 Å². The second-order valence-corrected chi connectivity index (χ2v) is 6.14. The van der Waals surface area contributed by atoms with Gasteiger partial charge in [0.1, 0.15) is 0 Å². The molecule has 1 saturated heterocycles. The first-order chi connectivity index (χ1) is 8.50. The minimum Gasteiger partial charge on any atom is -0.365 e. The van der Waals surface area contributed by atoms with Crippen molar-refractivity contribution in [3.05, 3.63) is 35.4 Å². The zero-order valence-electron chi connectivity index (χ0n) is 12.0. The molecular weight excluding hydrogens is 222 g/mol. The van der Waals surface area contributed by atoms with Gasteiger partial charge in [0.05, 0.1) is 11.7 Å². The first-order valence-electron chi connectivity index (χ1n) is 6.94. The van der Waals surface area contributed by atoms with Crippen LogP contribution in [-0.2, 0) is 4.74 Å². The van der Waals surface area contributed by atoms with E-state index in [0.717, 1.165) is 19.5 Å². The third kappa shape index (κ3) is 3.12. The fourth-order valence-corrected chi connectivity index (χ4v) is 3.00. The lowest BCUT2D eigenvalue weighted by molar-refractivity contribution is -0.117. The van der Waals surface area contributed by atoms with Crippen molar-refractivity contribution >= 4 is 0 Å². The zero-order chi connectivity index (χ0) is 13.2. The summed E-state index contributed by atoms with van der Waals surface area (Å²) in [7, 11) is 0. The molecular formula is C16H25NO. The molecule has 0 aliphatic carbocycles. The molecule has 0 amide bonds. The second kappa shape index (κ2) is 5.41. The van der Waals surface area contributed by atoms with Crippen LogP contribution in [0.3, 0.4) is 0 Å². The molecule has 0 radical (unpaired) electrons. The van der Waals surface area contributed by atoms with Crippen LogP contribution in [0, 0.1) is 12.8 Å². The van der Waals surface area contributed by atoms with Crippen molar-refractivity contribution in [1.82, 2.24) is 5.32 Å². The third-order valence-electron chi connectivity index (χ3n) is 3.63. The monoisotopic (exact) mass is 247 g/mol. The van der Waals surface area contributed by atoms with Gasteiger partial charge in [-0.15, -0.1) is 0 Å². The molecule has 1 heterocycles. The summed E-state index contributed by atoms with van der Waals surface area (Å²) in [5, 5.41) is 3.53. The summed E-state index contributed by atoms with van der Waals surface area (Å²) in [5.41, 5.74) is 2.59. The predicted molar refractivity (Wildman–Crippen MR) is 75.7 cm³/mol. The van der Waals surface area contributed by atoms with Crippen LogP contribution in [0.4, 0.5) is 0 Å². The van der Waals surface area contributed by atoms with Gasteiger partial charge in [0.25, 0.3) is 0 Å². The average Bonchev–Trinajstić information content (AvgIpc) is 2.27. The van der Waals surface area contributed by atoms with E-state index in [-0.39, 0.29) is 11.7 Å². The van der Waals surface area contributed by atoms with Crippen LogP contribution in [0.2, 0.25) is 0 Å². The summed E-state index contributed by atoms with van der Waals surface area (Å²) in [5.74, 6) is 0.660. The Morgan fingerprint density at radius 3 is 2.78 bits per heavy atom. The van der Waals surface area contributed by atoms with Crippen LogP contribution in [0.15, 0.2) is 24.3 Å². The average molecular weight is 247 g/mol. The fraction of sp³-hybridized carbons (Fsp3) is 0.625. The van der Waals surface area contributed by atoms with E-state index in [0.29, 0.717) is 5.92 Å². The van der Waals surface area contributed by atoms with Gasteiger partial charge in [-0.25, -0.2) is 0 Å². The van der Waals surface area contributed by atoms with E-state index in [4.69, 9.17) is 4.74 Å². The molecule has 1 aromatic carbocycles. The summed E-state index contributed by atoms with van der Waals surface area (Å²) < 4.78 is 6.39. The Labute approximate surface area is 111 Å². The van der Waals surface area contributed by atoms with Crippen LogP contribution in [-0.4, -0.2) is 18.7 Å². The molecule has 0 saturated carbocycles. The predicted octanol–water partition coefficient (Wildman–Crippen LogP) is 3.46. The van der Waals surface area contributed by atoms with Crippen LogP contribution < -0.4 is 5.32 Å². The maximum absolute atomic E-state index is 6.39. The van der Waals surface area contributed by atoms with E-state index in [1.165, 1.54) is 11.1 Å². The molecule has 1 aromatic rings. The topological polar surface area (TPSA) is 21.3 Å². The summed E-state index contributed by atoms with van der Waals surface area (Å²) in [6, 6.07) is 8.53. The summed E-state index contributed by atoms with van der Waals surface area (Å²) in [6.07, 6.45) is 1.28. The van der Waals surface area contributed by atoms with Crippen molar-refractivity contribution in [3.63, 3.8) is 0 Å². The Balaban J connectivity index is 2.14. The number of hydrogen-bond donors (Lipinski definition) is 1. The van der Waals surface area contributed by atoms with Gasteiger partial charge in [0.2, 0.25) is 0 Å². The van der Waals surface area contributed by atoms with E-state index in [2.05, 4.69) is 57.3 Å². The summed E-state index contributed by atoms with van der Waals surface area (Å²) in [6.45, 7) is 10.8. The largest absolute Gasteiger partial charge is 0.365 e. The molecule has 1 aliphatic heterocycles. The van der Waals surface area contributed by atoms with Crippen LogP contribution in [0.5, 0.6) is 0 Å². The maximum Gasteiger partial charge on any atom is 0.0959 e. The van der Waals surface area contributed by atoms with Crippen molar-refractivity contribution in [2.45, 2.75) is 45.8 Å². The van der Waals surface area contributed by atoms with Crippen molar-refractivity contribution in [2.24, 2.45) is 5.92 Å². The van der Waals surface area contributed by atoms with Gasteiger partial charge in [-0.1, -0.05) is 38.1 Å². The molecule has 2 rings (SSSR count). The van der Waals surface area contributed by atoms with Gasteiger partial charge in [-0.05, 0) is 37.3 Å². The first-order valence-corrected chi connectivity index (χ1v) is 6.94. The van der Waals surface area contributed by atoms with E-state index in [9.17, 15) is 0 Å². The minimum absolute atomic E-state index is 0.0423. The van der Waals surface area contributed by atoms with Crippen LogP contribution in [0.1, 0.15) is 44.4 Å². The lowest BCUT2D eigenvalue weighted by Crippen LogP contribution is -2.49. The number of ether oxygens (including phenoxy) is 1. The summed E-state index contributed by atoms with van der Waals surface area (Å²) in [4.78, 5) is 0. The molecule has 2 atom stereocenters. The Kier molecular flexibility index (Phi) is 4.08. The van der Waals surface area contributed by atoms with Gasteiger partial charge in [0, 0.05) is 13.1 Å². The molecule has 0 spiro atoms. The number of nitrogens with one attached hydrogen (secondary N) is 1. The highest BCUT2D eigenvalue weighted by Crippen LogP contribution is 2.32. The molecule has 0 bridgehead atoms. The standard InChI is InChI=1S/C16H25NO/c1-12(2)9-16(4)11-17-10-15(18-16)14-8-6-5-7-13(14)3/h5-8,12,15,17H,9-11H2,1-4H3. The zero-order valence-corrected chi connectivity index (χ0v) is 12.0. The maximum atomic E-state index is 6.39. The molecule has 2 nitrogen and oxygen atoms in total. The van der Waals surface area contributed by atoms with Crippen LogP contribution >= 0.6 is 0 Å². The molecule has 100 valence electrons. The Morgan fingerprint density at radius 2 is 2.11 bits per heavy atom. The van der Waals surface area contributed by atoms with E-state index in [1.807, 2.05) is 0 Å². The number of benzene rings is 1. The van der Waals surface area contributed by atoms with E-state index >= 15 is 0 Å². The van der Waals surface area contributed by atoms with Gasteiger partial charge < -0.3 is 10.1 Å². The summed E-state index contributed by atoms with van der Waals surface area (Å²) >= 11 is 0. The highest BCUT2D eigenvalue weighted by molar-refractivity contribution is 5.28.